The largest absolute Gasteiger partial charge is 0.324 e. The van der Waals surface area contributed by atoms with E-state index < -0.39 is 23.3 Å². The van der Waals surface area contributed by atoms with Crippen molar-refractivity contribution in [1.29, 1.82) is 0 Å². The minimum absolute atomic E-state index is 0.0363. The molecule has 0 aliphatic rings. The Balaban J connectivity index is 1.95. The van der Waals surface area contributed by atoms with E-state index in [2.05, 4.69) is 15.3 Å². The molecule has 3 aromatic rings. The first-order valence-electron chi connectivity index (χ1n) is 7.49. The van der Waals surface area contributed by atoms with Gasteiger partial charge in [-0.1, -0.05) is 0 Å². The van der Waals surface area contributed by atoms with Crippen LogP contribution >= 0.6 is 11.8 Å². The maximum Gasteiger partial charge on any atom is 0.227 e. The van der Waals surface area contributed by atoms with Gasteiger partial charge in [-0.2, -0.15) is 11.8 Å². The van der Waals surface area contributed by atoms with Gasteiger partial charge in [-0.25, -0.2) is 27.5 Å². The molecule has 0 fully saturated rings. The van der Waals surface area contributed by atoms with Crippen LogP contribution in [0.3, 0.4) is 0 Å². The topological polar surface area (TPSA) is 37.8 Å². The molecule has 26 heavy (non-hydrogen) atoms. The molecule has 0 spiro atoms. The fourth-order valence-electron chi connectivity index (χ4n) is 2.40. The molecule has 0 unspecified atom stereocenters. The summed E-state index contributed by atoms with van der Waals surface area (Å²) in [6.07, 6.45) is 2.76. The molecule has 1 aromatic heterocycles. The van der Waals surface area contributed by atoms with Crippen molar-refractivity contribution in [3.63, 3.8) is 0 Å². The Morgan fingerprint density at radius 3 is 2.50 bits per heavy atom. The Kier molecular flexibility index (Phi) is 5.41. The number of thioether (sulfide) groups is 1. The highest BCUT2D eigenvalue weighted by Gasteiger charge is 2.15. The number of nitrogens with one attached hydrogen (secondary N) is 1. The molecule has 0 radical (unpaired) electrons. The number of rotatable bonds is 5. The van der Waals surface area contributed by atoms with Gasteiger partial charge in [-0.05, 0) is 42.2 Å². The predicted molar refractivity (Wildman–Crippen MR) is 94.2 cm³/mol. The molecule has 2 aromatic carbocycles. The Morgan fingerprint density at radius 1 is 0.962 bits per heavy atom. The van der Waals surface area contributed by atoms with Crippen LogP contribution in [0.2, 0.25) is 0 Å². The van der Waals surface area contributed by atoms with Crippen LogP contribution in [0.1, 0.15) is 5.56 Å². The third kappa shape index (κ3) is 4.13. The van der Waals surface area contributed by atoms with Crippen molar-refractivity contribution in [3.05, 3.63) is 71.4 Å². The molecule has 1 N–H and O–H groups in total. The van der Waals surface area contributed by atoms with E-state index in [0.29, 0.717) is 17.5 Å². The van der Waals surface area contributed by atoms with Crippen LogP contribution in [0.25, 0.3) is 11.3 Å². The quantitative estimate of drug-likeness (QED) is 0.610. The SMILES string of the molecule is CSCc1cc(F)cc(Nc2ncc(F)c(-c3ccc(F)cc3F)n2)c1. The molecule has 0 bridgehead atoms. The molecule has 0 atom stereocenters. The lowest BCUT2D eigenvalue weighted by Gasteiger charge is -2.10. The average molecular weight is 379 g/mol. The van der Waals surface area contributed by atoms with Crippen molar-refractivity contribution in [2.45, 2.75) is 5.75 Å². The number of hydrogen-bond donors (Lipinski definition) is 1. The van der Waals surface area contributed by atoms with Crippen LogP contribution in [0.15, 0.2) is 42.6 Å². The van der Waals surface area contributed by atoms with Gasteiger partial charge in [0.1, 0.15) is 23.1 Å². The van der Waals surface area contributed by atoms with Crippen molar-refractivity contribution in [1.82, 2.24) is 9.97 Å². The van der Waals surface area contributed by atoms with E-state index in [-0.39, 0.29) is 17.2 Å². The first kappa shape index (κ1) is 18.2. The molecule has 0 saturated heterocycles. The van der Waals surface area contributed by atoms with Gasteiger partial charge < -0.3 is 5.32 Å². The van der Waals surface area contributed by atoms with E-state index in [0.717, 1.165) is 23.9 Å². The summed E-state index contributed by atoms with van der Waals surface area (Å²) in [5, 5.41) is 2.78. The van der Waals surface area contributed by atoms with E-state index in [1.807, 2.05) is 6.26 Å². The first-order chi connectivity index (χ1) is 12.5. The zero-order valence-electron chi connectivity index (χ0n) is 13.6. The fraction of sp³-hybridized carbons (Fsp3) is 0.111. The summed E-state index contributed by atoms with van der Waals surface area (Å²) in [5.74, 6) is -2.44. The number of hydrogen-bond acceptors (Lipinski definition) is 4. The second-order valence-electron chi connectivity index (χ2n) is 5.42. The molecule has 1 heterocycles. The zero-order valence-corrected chi connectivity index (χ0v) is 14.4. The Hall–Kier alpha value is -2.61. The lowest BCUT2D eigenvalue weighted by atomic mass is 10.1. The Labute approximate surface area is 151 Å². The maximum absolute atomic E-state index is 14.0. The third-order valence-corrected chi connectivity index (χ3v) is 4.08. The van der Waals surface area contributed by atoms with E-state index in [1.54, 1.807) is 6.07 Å². The number of anilines is 2. The molecule has 3 nitrogen and oxygen atoms in total. The minimum atomic E-state index is -0.943. The van der Waals surface area contributed by atoms with E-state index in [1.165, 1.54) is 23.9 Å². The molecule has 0 aliphatic carbocycles. The fourth-order valence-corrected chi connectivity index (χ4v) is 2.90. The summed E-state index contributed by atoms with van der Waals surface area (Å²) in [4.78, 5) is 7.74. The van der Waals surface area contributed by atoms with Crippen molar-refractivity contribution >= 4 is 23.4 Å². The molecular weight excluding hydrogens is 366 g/mol. The van der Waals surface area contributed by atoms with Crippen molar-refractivity contribution in [2.75, 3.05) is 11.6 Å². The second kappa shape index (κ2) is 7.74. The molecular formula is C18H13F4N3S. The van der Waals surface area contributed by atoms with Gasteiger partial charge in [0.2, 0.25) is 5.95 Å². The molecule has 0 amide bonds. The second-order valence-corrected chi connectivity index (χ2v) is 6.29. The van der Waals surface area contributed by atoms with E-state index >= 15 is 0 Å². The van der Waals surface area contributed by atoms with Gasteiger partial charge in [-0.15, -0.1) is 0 Å². The van der Waals surface area contributed by atoms with Crippen molar-refractivity contribution in [2.24, 2.45) is 0 Å². The number of nitrogens with zero attached hydrogens (tertiary/aromatic N) is 2. The molecule has 134 valence electrons. The summed E-state index contributed by atoms with van der Waals surface area (Å²) >= 11 is 1.54. The normalized spacial score (nSPS) is 10.8. The first-order valence-corrected chi connectivity index (χ1v) is 8.89. The standard InChI is InChI=1S/C18H13F4N3S/c1-26-9-10-4-12(20)6-13(5-10)24-18-23-8-16(22)17(25-18)14-3-2-11(19)7-15(14)21/h2-8H,9H2,1H3,(H,23,24,25). The van der Waals surface area contributed by atoms with Crippen LogP contribution in [-0.4, -0.2) is 16.2 Å². The maximum atomic E-state index is 14.0. The van der Waals surface area contributed by atoms with Gasteiger partial charge >= 0.3 is 0 Å². The summed E-state index contributed by atoms with van der Waals surface area (Å²) in [7, 11) is 0. The van der Waals surface area contributed by atoms with Crippen molar-refractivity contribution in [3.8, 4) is 11.3 Å². The van der Waals surface area contributed by atoms with Gasteiger partial charge in [0, 0.05) is 23.1 Å². The summed E-state index contributed by atoms with van der Waals surface area (Å²) in [6.45, 7) is 0. The van der Waals surface area contributed by atoms with Crippen LogP contribution < -0.4 is 5.32 Å². The van der Waals surface area contributed by atoms with Crippen LogP contribution in [-0.2, 0) is 5.75 Å². The number of benzene rings is 2. The highest BCUT2D eigenvalue weighted by molar-refractivity contribution is 7.97. The van der Waals surface area contributed by atoms with Gasteiger partial charge in [0.25, 0.3) is 0 Å². The van der Waals surface area contributed by atoms with Gasteiger partial charge in [-0.3, -0.25) is 0 Å². The predicted octanol–water partition coefficient (Wildman–Crippen LogP) is 5.31. The van der Waals surface area contributed by atoms with Crippen LogP contribution in [0.5, 0.6) is 0 Å². The van der Waals surface area contributed by atoms with E-state index in [9.17, 15) is 17.6 Å². The van der Waals surface area contributed by atoms with Crippen molar-refractivity contribution < 1.29 is 17.6 Å². The smallest absolute Gasteiger partial charge is 0.227 e. The van der Waals surface area contributed by atoms with Gasteiger partial charge in [0.15, 0.2) is 5.82 Å². The molecule has 0 saturated carbocycles. The monoisotopic (exact) mass is 379 g/mol. The molecule has 8 heteroatoms. The lowest BCUT2D eigenvalue weighted by molar-refractivity contribution is 0.580. The third-order valence-electron chi connectivity index (χ3n) is 3.46. The van der Waals surface area contributed by atoms with Crippen LogP contribution in [0.4, 0.5) is 29.2 Å². The molecule has 0 aliphatic heterocycles. The zero-order chi connectivity index (χ0) is 18.7. The Morgan fingerprint density at radius 2 is 1.77 bits per heavy atom. The highest BCUT2D eigenvalue weighted by Crippen LogP contribution is 2.26. The molecule has 3 rings (SSSR count). The average Bonchev–Trinajstić information content (AvgIpc) is 2.57. The minimum Gasteiger partial charge on any atom is -0.324 e. The number of halogens is 4. The van der Waals surface area contributed by atoms with E-state index in [4.69, 9.17) is 0 Å². The Bertz CT molecular complexity index is 950. The summed E-state index contributed by atoms with van der Waals surface area (Å²) in [6, 6.07) is 7.11. The summed E-state index contributed by atoms with van der Waals surface area (Å²) < 4.78 is 54.7. The highest BCUT2D eigenvalue weighted by atomic mass is 32.2. The number of aromatic nitrogens is 2. The lowest BCUT2D eigenvalue weighted by Crippen LogP contribution is -2.02. The summed E-state index contributed by atoms with van der Waals surface area (Å²) in [5.41, 5.74) is 0.621. The van der Waals surface area contributed by atoms with Gasteiger partial charge in [0.05, 0.1) is 6.20 Å². The van der Waals surface area contributed by atoms with Crippen LogP contribution in [0, 0.1) is 23.3 Å².